The third-order valence-electron chi connectivity index (χ3n) is 5.86. The molecule has 1 rings (SSSR count). The molecular weight excluding hydrogens is 423 g/mol. The fraction of sp³-hybridized carbons (Fsp3) is 0.773. The number of Topliss-reactive ketones (excluding diaryl/α,β-unsaturated/α-hetero) is 1. The van der Waals surface area contributed by atoms with Gasteiger partial charge in [0.25, 0.3) is 0 Å². The van der Waals surface area contributed by atoms with Crippen LogP contribution in [0.2, 0.25) is 0 Å². The van der Waals surface area contributed by atoms with E-state index < -0.39 is 36.7 Å². The van der Waals surface area contributed by atoms with Gasteiger partial charge in [-0.1, -0.05) is 6.08 Å². The van der Waals surface area contributed by atoms with Gasteiger partial charge in [-0.2, -0.15) is 0 Å². The van der Waals surface area contributed by atoms with Crippen LogP contribution in [-0.2, 0) is 37.5 Å². The summed E-state index contributed by atoms with van der Waals surface area (Å²) in [6.07, 6.45) is 2.82. The van der Waals surface area contributed by atoms with E-state index in [0.717, 1.165) is 0 Å². The van der Waals surface area contributed by atoms with Crippen LogP contribution in [0.25, 0.3) is 0 Å². The van der Waals surface area contributed by atoms with E-state index in [9.17, 15) is 18.9 Å². The van der Waals surface area contributed by atoms with Crippen LogP contribution in [0.15, 0.2) is 12.7 Å². The van der Waals surface area contributed by atoms with E-state index in [1.165, 1.54) is 6.92 Å². The van der Waals surface area contributed by atoms with E-state index in [-0.39, 0.29) is 44.4 Å². The lowest BCUT2D eigenvalue weighted by molar-refractivity contribution is -0.159. The summed E-state index contributed by atoms with van der Waals surface area (Å²) >= 11 is 0. The van der Waals surface area contributed by atoms with Crippen LogP contribution in [0.1, 0.15) is 66.7 Å². The van der Waals surface area contributed by atoms with Gasteiger partial charge in [-0.05, 0) is 59.3 Å². The summed E-state index contributed by atoms with van der Waals surface area (Å²) in [5.41, 5.74) is -2.09. The van der Waals surface area contributed by atoms with Crippen LogP contribution in [0.5, 0.6) is 0 Å². The smallest absolute Gasteiger partial charge is 0.344 e. The molecule has 1 saturated carbocycles. The van der Waals surface area contributed by atoms with Crippen molar-refractivity contribution in [2.45, 2.75) is 78.5 Å². The largest absolute Gasteiger partial charge is 0.465 e. The molecule has 2 unspecified atom stereocenters. The Morgan fingerprint density at radius 1 is 1.19 bits per heavy atom. The highest BCUT2D eigenvalue weighted by atomic mass is 31.2. The second kappa shape index (κ2) is 12.5. The van der Waals surface area contributed by atoms with Gasteiger partial charge in [-0.3, -0.25) is 18.9 Å². The van der Waals surface area contributed by atoms with E-state index in [4.69, 9.17) is 18.5 Å². The first-order valence-electron chi connectivity index (χ1n) is 11.0. The lowest BCUT2D eigenvalue weighted by Gasteiger charge is -2.37. The van der Waals surface area contributed by atoms with Crippen molar-refractivity contribution in [2.24, 2.45) is 11.3 Å². The van der Waals surface area contributed by atoms with Crippen LogP contribution in [0.4, 0.5) is 0 Å². The van der Waals surface area contributed by atoms with E-state index in [1.54, 1.807) is 33.8 Å². The minimum absolute atomic E-state index is 0.0103. The van der Waals surface area contributed by atoms with Crippen LogP contribution in [-0.4, -0.2) is 49.3 Å². The van der Waals surface area contributed by atoms with E-state index in [1.807, 2.05) is 0 Å². The first-order chi connectivity index (χ1) is 14.6. The fourth-order valence-electron chi connectivity index (χ4n) is 4.32. The maximum absolute atomic E-state index is 13.4. The van der Waals surface area contributed by atoms with Gasteiger partial charge in [-0.15, -0.1) is 6.58 Å². The number of hydrogen-bond donors (Lipinski definition) is 0. The zero-order valence-corrected chi connectivity index (χ0v) is 20.3. The average molecular weight is 461 g/mol. The number of rotatable bonds is 14. The van der Waals surface area contributed by atoms with Crippen molar-refractivity contribution < 1.29 is 37.5 Å². The van der Waals surface area contributed by atoms with Gasteiger partial charge in [0.15, 0.2) is 5.66 Å². The quantitative estimate of drug-likeness (QED) is 0.213. The molecule has 0 aromatic rings. The standard InChI is InChI=1S/C22H37O8P/c1-7-11-17-12-14-19(24)22(17,6)20(30-16(5)23)15-13-18(21(25)27-8-2)31(26,28-9-3)29-10-4/h7,17-18,20H,1,8-15H2,2-6H3/t17-,18?,20?,22+/m0/s1. The molecule has 0 spiro atoms. The topological polar surface area (TPSA) is 105 Å². The Morgan fingerprint density at radius 3 is 2.29 bits per heavy atom. The molecule has 0 saturated heterocycles. The van der Waals surface area contributed by atoms with Crippen molar-refractivity contribution in [3.63, 3.8) is 0 Å². The Hall–Kier alpha value is -1.50. The summed E-state index contributed by atoms with van der Waals surface area (Å²) in [6, 6.07) is 0. The molecule has 1 aliphatic carbocycles. The van der Waals surface area contributed by atoms with Gasteiger partial charge in [0.05, 0.1) is 25.2 Å². The molecule has 0 aromatic heterocycles. The number of esters is 2. The van der Waals surface area contributed by atoms with Gasteiger partial charge < -0.3 is 18.5 Å². The number of ketones is 1. The van der Waals surface area contributed by atoms with Crippen LogP contribution in [0, 0.1) is 11.3 Å². The van der Waals surface area contributed by atoms with Crippen molar-refractivity contribution in [3.8, 4) is 0 Å². The Morgan fingerprint density at radius 2 is 1.81 bits per heavy atom. The lowest BCUT2D eigenvalue weighted by Crippen LogP contribution is -2.44. The molecule has 8 nitrogen and oxygen atoms in total. The Bertz CT molecular complexity index is 681. The molecule has 4 atom stereocenters. The minimum Gasteiger partial charge on any atom is -0.465 e. The molecule has 0 aliphatic heterocycles. The summed E-state index contributed by atoms with van der Waals surface area (Å²) in [5.74, 6) is -1.24. The number of carbonyl (C=O) groups is 3. The Labute approximate surface area is 185 Å². The van der Waals surface area contributed by atoms with Gasteiger partial charge in [0.1, 0.15) is 11.9 Å². The maximum atomic E-state index is 13.4. The molecular formula is C22H37O8P. The summed E-state index contributed by atoms with van der Waals surface area (Å²) in [5, 5.41) is 0. The van der Waals surface area contributed by atoms with E-state index >= 15 is 0 Å². The summed E-state index contributed by atoms with van der Waals surface area (Å²) in [6.45, 7) is 12.1. The minimum atomic E-state index is -3.82. The number of hydrogen-bond acceptors (Lipinski definition) is 8. The van der Waals surface area contributed by atoms with Crippen molar-refractivity contribution >= 4 is 25.3 Å². The highest BCUT2D eigenvalue weighted by Gasteiger charge is 2.53. The molecule has 0 aromatic carbocycles. The van der Waals surface area contributed by atoms with Crippen molar-refractivity contribution in [1.29, 1.82) is 0 Å². The predicted molar refractivity (Wildman–Crippen MR) is 117 cm³/mol. The molecule has 0 N–H and O–H groups in total. The van der Waals surface area contributed by atoms with Gasteiger partial charge in [-0.25, -0.2) is 0 Å². The second-order valence-corrected chi connectivity index (χ2v) is 10.0. The maximum Gasteiger partial charge on any atom is 0.344 e. The van der Waals surface area contributed by atoms with Gasteiger partial charge >= 0.3 is 19.5 Å². The number of ether oxygens (including phenoxy) is 2. The number of allylic oxidation sites excluding steroid dienone is 1. The summed E-state index contributed by atoms with van der Waals surface area (Å²) in [7, 11) is -3.82. The zero-order chi connectivity index (χ0) is 23.7. The normalized spacial score (nSPS) is 23.3. The average Bonchev–Trinajstić information content (AvgIpc) is 2.97. The van der Waals surface area contributed by atoms with E-state index in [2.05, 4.69) is 6.58 Å². The number of carbonyl (C=O) groups excluding carboxylic acids is 3. The third kappa shape index (κ3) is 6.74. The van der Waals surface area contributed by atoms with Crippen molar-refractivity contribution in [1.82, 2.24) is 0 Å². The van der Waals surface area contributed by atoms with Crippen LogP contribution in [0.3, 0.4) is 0 Å². The fourth-order valence-corrected chi connectivity index (χ4v) is 6.27. The Kier molecular flexibility index (Phi) is 11.1. The SMILES string of the molecule is C=CC[C@H]1CCC(=O)[C@]1(C)C(CCC(C(=O)OCC)P(=O)(OCC)OCC)OC(C)=O. The molecule has 1 aliphatic rings. The van der Waals surface area contributed by atoms with Gasteiger partial charge in [0.2, 0.25) is 0 Å². The zero-order valence-electron chi connectivity index (χ0n) is 19.4. The highest BCUT2D eigenvalue weighted by Crippen LogP contribution is 2.56. The van der Waals surface area contributed by atoms with Crippen LogP contribution < -0.4 is 0 Å². The first kappa shape index (κ1) is 27.5. The first-order valence-corrected chi connectivity index (χ1v) is 12.6. The molecule has 9 heteroatoms. The molecule has 31 heavy (non-hydrogen) atoms. The molecule has 0 radical (unpaired) electrons. The van der Waals surface area contributed by atoms with Crippen molar-refractivity contribution in [2.75, 3.05) is 19.8 Å². The van der Waals surface area contributed by atoms with Crippen molar-refractivity contribution in [3.05, 3.63) is 12.7 Å². The molecule has 1 fully saturated rings. The van der Waals surface area contributed by atoms with Gasteiger partial charge in [0, 0.05) is 13.3 Å². The summed E-state index contributed by atoms with van der Waals surface area (Å²) in [4.78, 5) is 37.4. The third-order valence-corrected chi connectivity index (χ3v) is 8.33. The molecule has 0 heterocycles. The predicted octanol–water partition coefficient (Wildman–Crippen LogP) is 4.46. The lowest BCUT2D eigenvalue weighted by atomic mass is 9.71. The highest BCUT2D eigenvalue weighted by molar-refractivity contribution is 7.55. The molecule has 0 bridgehead atoms. The van der Waals surface area contributed by atoms with E-state index in [0.29, 0.717) is 19.3 Å². The monoisotopic (exact) mass is 460 g/mol. The molecule has 178 valence electrons. The summed E-state index contributed by atoms with van der Waals surface area (Å²) < 4.78 is 34.9. The van der Waals surface area contributed by atoms with Crippen LogP contribution >= 0.6 is 7.60 Å². The Balaban J connectivity index is 3.25. The second-order valence-electron chi connectivity index (χ2n) is 7.78. The molecule has 0 amide bonds.